The Morgan fingerprint density at radius 1 is 1.59 bits per heavy atom. The fraction of sp³-hybridized carbons (Fsp3) is 0.417. The molecular weight excluding hydrogens is 242 g/mol. The Morgan fingerprint density at radius 3 is 2.71 bits per heavy atom. The van der Waals surface area contributed by atoms with Crippen LogP contribution in [-0.2, 0) is 10.3 Å². The number of rotatable bonds is 3. The number of halogens is 1. The van der Waals surface area contributed by atoms with Crippen molar-refractivity contribution < 1.29 is 14.6 Å². The van der Waals surface area contributed by atoms with Crippen molar-refractivity contribution >= 4 is 17.7 Å². The maximum absolute atomic E-state index is 10.4. The predicted molar refractivity (Wildman–Crippen MR) is 63.4 cm³/mol. The molecular formula is C12H12ClNO3. The lowest BCUT2D eigenvalue weighted by atomic mass is 10.0. The first kappa shape index (κ1) is 12.0. The number of isocyanates is 1. The molecule has 1 aliphatic carbocycles. The van der Waals surface area contributed by atoms with Crippen molar-refractivity contribution in [2.75, 3.05) is 7.11 Å². The molecule has 0 heterocycles. The molecule has 0 atom stereocenters. The fourth-order valence-electron chi connectivity index (χ4n) is 1.96. The highest BCUT2D eigenvalue weighted by Crippen LogP contribution is 2.56. The Bertz CT molecular complexity index is 517. The van der Waals surface area contributed by atoms with Crippen LogP contribution in [0.25, 0.3) is 0 Å². The van der Waals surface area contributed by atoms with Gasteiger partial charge in [-0.05, 0) is 31.4 Å². The van der Waals surface area contributed by atoms with E-state index in [-0.39, 0.29) is 5.75 Å². The minimum atomic E-state index is -0.706. The van der Waals surface area contributed by atoms with Gasteiger partial charge in [0.1, 0.15) is 5.54 Å². The second-order valence-corrected chi connectivity index (χ2v) is 4.55. The highest BCUT2D eigenvalue weighted by molar-refractivity contribution is 6.32. The predicted octanol–water partition coefficient (Wildman–Crippen LogP) is 2.69. The molecule has 0 bridgehead atoms. The molecule has 0 saturated heterocycles. The number of hydrogen-bond donors (Lipinski definition) is 1. The smallest absolute Gasteiger partial charge is 0.235 e. The average Bonchev–Trinajstić information content (AvgIpc) is 3.05. The Labute approximate surface area is 104 Å². The van der Waals surface area contributed by atoms with Crippen molar-refractivity contribution in [3.05, 3.63) is 22.2 Å². The summed E-state index contributed by atoms with van der Waals surface area (Å²) in [4.78, 5) is 14.2. The monoisotopic (exact) mass is 253 g/mol. The van der Waals surface area contributed by atoms with Gasteiger partial charge in [0.2, 0.25) is 6.08 Å². The number of carbonyl (C=O) groups excluding carboxylic acids is 1. The quantitative estimate of drug-likeness (QED) is 0.666. The van der Waals surface area contributed by atoms with Gasteiger partial charge in [0.05, 0.1) is 12.1 Å². The van der Waals surface area contributed by atoms with Gasteiger partial charge in [-0.2, -0.15) is 4.99 Å². The van der Waals surface area contributed by atoms with E-state index >= 15 is 0 Å². The molecule has 1 aliphatic rings. The Hall–Kier alpha value is -1.51. The summed E-state index contributed by atoms with van der Waals surface area (Å²) < 4.78 is 5.07. The van der Waals surface area contributed by atoms with Crippen LogP contribution in [0.15, 0.2) is 11.1 Å². The van der Waals surface area contributed by atoms with E-state index < -0.39 is 5.54 Å². The molecule has 4 nitrogen and oxygen atoms in total. The third kappa shape index (κ3) is 1.79. The van der Waals surface area contributed by atoms with Crippen LogP contribution in [0.4, 0.5) is 0 Å². The zero-order valence-electron chi connectivity index (χ0n) is 9.58. The number of phenols is 1. The highest BCUT2D eigenvalue weighted by Gasteiger charge is 2.49. The maximum Gasteiger partial charge on any atom is 0.235 e. The van der Waals surface area contributed by atoms with Crippen LogP contribution in [0.2, 0.25) is 5.02 Å². The molecule has 90 valence electrons. The molecule has 0 radical (unpaired) electrons. The molecule has 17 heavy (non-hydrogen) atoms. The summed E-state index contributed by atoms with van der Waals surface area (Å²) in [6.45, 7) is 1.81. The first-order valence-corrected chi connectivity index (χ1v) is 5.59. The summed E-state index contributed by atoms with van der Waals surface area (Å²) in [6, 6.07) is 1.65. The van der Waals surface area contributed by atoms with E-state index in [2.05, 4.69) is 4.99 Å². The zero-order chi connectivity index (χ0) is 12.6. The number of benzene rings is 1. The summed E-state index contributed by atoms with van der Waals surface area (Å²) in [5.41, 5.74) is 0.547. The molecule has 5 heteroatoms. The molecule has 0 aromatic heterocycles. The first-order valence-electron chi connectivity index (χ1n) is 5.21. The number of aliphatic imine (C=N–C) groups is 1. The highest BCUT2D eigenvalue weighted by atomic mass is 35.5. The molecule has 0 aliphatic heterocycles. The molecule has 1 saturated carbocycles. The van der Waals surface area contributed by atoms with Gasteiger partial charge in [-0.15, -0.1) is 0 Å². The van der Waals surface area contributed by atoms with E-state index in [4.69, 9.17) is 16.3 Å². The van der Waals surface area contributed by atoms with Crippen molar-refractivity contribution in [2.45, 2.75) is 25.3 Å². The second kappa shape index (κ2) is 4.06. The van der Waals surface area contributed by atoms with Crippen LogP contribution in [-0.4, -0.2) is 18.3 Å². The van der Waals surface area contributed by atoms with Gasteiger partial charge in [-0.1, -0.05) is 11.6 Å². The van der Waals surface area contributed by atoms with Gasteiger partial charge < -0.3 is 9.84 Å². The van der Waals surface area contributed by atoms with Crippen molar-refractivity contribution in [2.24, 2.45) is 4.99 Å². The SMILES string of the molecule is COc1cc(C)c(Cl)c(C2(N=C=O)CC2)c1O. The van der Waals surface area contributed by atoms with Crippen molar-refractivity contribution in [3.63, 3.8) is 0 Å². The number of aromatic hydroxyl groups is 1. The van der Waals surface area contributed by atoms with Crippen molar-refractivity contribution in [3.8, 4) is 11.5 Å². The number of aryl methyl sites for hydroxylation is 1. The summed E-state index contributed by atoms with van der Waals surface area (Å²) in [5.74, 6) is 0.300. The lowest BCUT2D eigenvalue weighted by Gasteiger charge is -2.17. The van der Waals surface area contributed by atoms with Crippen LogP contribution in [0.1, 0.15) is 24.0 Å². The number of hydrogen-bond acceptors (Lipinski definition) is 4. The van der Waals surface area contributed by atoms with Gasteiger partial charge in [-0.3, -0.25) is 0 Å². The molecule has 1 aromatic rings. The minimum Gasteiger partial charge on any atom is -0.504 e. The number of nitrogens with zero attached hydrogens (tertiary/aromatic N) is 1. The largest absolute Gasteiger partial charge is 0.504 e. The van der Waals surface area contributed by atoms with Gasteiger partial charge in [0, 0.05) is 5.56 Å². The third-order valence-corrected chi connectivity index (χ3v) is 3.54. The molecule has 2 rings (SSSR count). The van der Waals surface area contributed by atoms with Crippen LogP contribution >= 0.6 is 11.6 Å². The summed E-state index contributed by atoms with van der Waals surface area (Å²) >= 11 is 6.18. The summed E-state index contributed by atoms with van der Waals surface area (Å²) in [5, 5.41) is 10.5. The number of ether oxygens (including phenoxy) is 1. The van der Waals surface area contributed by atoms with Crippen LogP contribution in [0.5, 0.6) is 11.5 Å². The van der Waals surface area contributed by atoms with E-state index in [1.165, 1.54) is 7.11 Å². The Balaban J connectivity index is 2.68. The zero-order valence-corrected chi connectivity index (χ0v) is 10.3. The van der Waals surface area contributed by atoms with Crippen LogP contribution in [0, 0.1) is 6.92 Å². The molecule has 0 spiro atoms. The minimum absolute atomic E-state index is 0.0420. The van der Waals surface area contributed by atoms with Gasteiger partial charge in [-0.25, -0.2) is 4.79 Å². The maximum atomic E-state index is 10.4. The third-order valence-electron chi connectivity index (χ3n) is 3.05. The van der Waals surface area contributed by atoms with E-state index in [1.54, 1.807) is 12.1 Å². The Morgan fingerprint density at radius 2 is 2.24 bits per heavy atom. The van der Waals surface area contributed by atoms with E-state index in [1.807, 2.05) is 6.92 Å². The van der Waals surface area contributed by atoms with Gasteiger partial charge >= 0.3 is 0 Å². The summed E-state index contributed by atoms with van der Waals surface area (Å²) in [7, 11) is 1.47. The topological polar surface area (TPSA) is 58.9 Å². The van der Waals surface area contributed by atoms with Crippen LogP contribution in [0.3, 0.4) is 0 Å². The van der Waals surface area contributed by atoms with Crippen molar-refractivity contribution in [1.29, 1.82) is 0 Å². The molecule has 1 N–H and O–H groups in total. The average molecular weight is 254 g/mol. The molecule has 1 aromatic carbocycles. The Kier molecular flexibility index (Phi) is 2.86. The summed E-state index contributed by atoms with van der Waals surface area (Å²) in [6.07, 6.45) is 2.91. The lowest BCUT2D eigenvalue weighted by Crippen LogP contribution is -2.06. The number of methoxy groups -OCH3 is 1. The van der Waals surface area contributed by atoms with Crippen LogP contribution < -0.4 is 4.74 Å². The number of phenolic OH excluding ortho intramolecular Hbond substituents is 1. The van der Waals surface area contributed by atoms with E-state index in [9.17, 15) is 9.90 Å². The molecule has 0 unspecified atom stereocenters. The standard InChI is InChI=1S/C12H12ClNO3/c1-7-5-8(17-2)11(16)9(10(7)13)12(3-4-12)14-6-15/h5,16H,3-4H2,1-2H3. The lowest BCUT2D eigenvalue weighted by molar-refractivity contribution is 0.367. The molecule has 1 fully saturated rings. The fourth-order valence-corrected chi connectivity index (χ4v) is 2.28. The van der Waals surface area contributed by atoms with E-state index in [0.29, 0.717) is 29.2 Å². The van der Waals surface area contributed by atoms with Gasteiger partial charge in [0.15, 0.2) is 11.5 Å². The normalized spacial score (nSPS) is 16.2. The van der Waals surface area contributed by atoms with Crippen molar-refractivity contribution in [1.82, 2.24) is 0 Å². The molecule has 0 amide bonds. The van der Waals surface area contributed by atoms with Gasteiger partial charge in [0.25, 0.3) is 0 Å². The first-order chi connectivity index (χ1) is 8.05. The van der Waals surface area contributed by atoms with E-state index in [0.717, 1.165) is 5.56 Å². The second-order valence-electron chi connectivity index (χ2n) is 4.17.